The summed E-state index contributed by atoms with van der Waals surface area (Å²) in [6.45, 7) is 0. The molecule has 0 aliphatic carbocycles. The van der Waals surface area contributed by atoms with E-state index in [-0.39, 0.29) is 0 Å². The van der Waals surface area contributed by atoms with Gasteiger partial charge in [0.15, 0.2) is 0 Å². The van der Waals surface area contributed by atoms with Crippen molar-refractivity contribution in [2.45, 2.75) is 0 Å². The molecule has 0 radical (unpaired) electrons. The monoisotopic (exact) mass is 213 g/mol. The zero-order chi connectivity index (χ0) is 10.7. The average Bonchev–Trinajstić information content (AvgIpc) is 2.30. The van der Waals surface area contributed by atoms with Gasteiger partial charge in [0, 0.05) is 10.6 Å². The van der Waals surface area contributed by atoms with Crippen molar-refractivity contribution in [2.24, 2.45) is 0 Å². The molecule has 0 atom stereocenters. The van der Waals surface area contributed by atoms with Gasteiger partial charge in [0.1, 0.15) is 0 Å². The Morgan fingerprint density at radius 1 is 1.00 bits per heavy atom. The number of nitrogens with zero attached hydrogens (tertiary/aromatic N) is 1. The Bertz CT molecular complexity index is 512. The molecule has 0 bridgehead atoms. The molecule has 2 aromatic carbocycles. The number of halogens is 1. The van der Waals surface area contributed by atoms with E-state index in [9.17, 15) is 0 Å². The Morgan fingerprint density at radius 3 is 2.33 bits per heavy atom. The Kier molecular flexibility index (Phi) is 2.71. The molecular weight excluding hydrogens is 206 g/mol. The first-order valence-electron chi connectivity index (χ1n) is 4.56. The van der Waals surface area contributed by atoms with Crippen LogP contribution in [0.25, 0.3) is 11.1 Å². The SMILES string of the molecule is N#Cc1ccc(-c2ccccc2)c(Cl)c1. The zero-order valence-electron chi connectivity index (χ0n) is 7.94. The fourth-order valence-electron chi connectivity index (χ4n) is 1.44. The zero-order valence-corrected chi connectivity index (χ0v) is 8.70. The van der Waals surface area contributed by atoms with E-state index in [1.165, 1.54) is 0 Å². The fraction of sp³-hybridized carbons (Fsp3) is 0. The lowest BCUT2D eigenvalue weighted by Crippen LogP contribution is -1.81. The van der Waals surface area contributed by atoms with E-state index >= 15 is 0 Å². The topological polar surface area (TPSA) is 23.8 Å². The molecule has 0 heterocycles. The molecule has 0 aliphatic rings. The van der Waals surface area contributed by atoms with Crippen molar-refractivity contribution >= 4 is 11.6 Å². The van der Waals surface area contributed by atoms with Crippen LogP contribution >= 0.6 is 11.6 Å². The fourth-order valence-corrected chi connectivity index (χ4v) is 1.73. The third-order valence-corrected chi connectivity index (χ3v) is 2.50. The second-order valence-corrected chi connectivity index (χ2v) is 3.58. The summed E-state index contributed by atoms with van der Waals surface area (Å²) in [6, 6.07) is 17.3. The standard InChI is InChI=1S/C13H8ClN/c14-13-8-10(9-15)6-7-12(13)11-4-2-1-3-5-11/h1-8H. The molecule has 15 heavy (non-hydrogen) atoms. The summed E-state index contributed by atoms with van der Waals surface area (Å²) in [5.41, 5.74) is 2.60. The first-order chi connectivity index (χ1) is 7.31. The largest absolute Gasteiger partial charge is 0.192 e. The van der Waals surface area contributed by atoms with Crippen LogP contribution in [-0.4, -0.2) is 0 Å². The van der Waals surface area contributed by atoms with Crippen LogP contribution in [0.3, 0.4) is 0 Å². The van der Waals surface area contributed by atoms with Crippen LogP contribution in [0, 0.1) is 11.3 Å². The summed E-state index contributed by atoms with van der Waals surface area (Å²) < 4.78 is 0. The van der Waals surface area contributed by atoms with Gasteiger partial charge in [-0.1, -0.05) is 48.0 Å². The summed E-state index contributed by atoms with van der Waals surface area (Å²) in [5.74, 6) is 0. The summed E-state index contributed by atoms with van der Waals surface area (Å²) in [6.07, 6.45) is 0. The molecule has 0 saturated heterocycles. The van der Waals surface area contributed by atoms with E-state index in [1.807, 2.05) is 36.4 Å². The Hall–Kier alpha value is -1.78. The van der Waals surface area contributed by atoms with Crippen LogP contribution in [0.15, 0.2) is 48.5 Å². The lowest BCUT2D eigenvalue weighted by atomic mass is 10.0. The molecule has 0 saturated carbocycles. The van der Waals surface area contributed by atoms with Gasteiger partial charge in [-0.25, -0.2) is 0 Å². The summed E-state index contributed by atoms with van der Waals surface area (Å²) >= 11 is 6.09. The van der Waals surface area contributed by atoms with Crippen molar-refractivity contribution in [1.29, 1.82) is 5.26 Å². The molecule has 0 N–H and O–H groups in total. The normalized spacial score (nSPS) is 9.60. The molecule has 0 amide bonds. The molecule has 72 valence electrons. The molecule has 1 nitrogen and oxygen atoms in total. The number of hydrogen-bond donors (Lipinski definition) is 0. The molecule has 0 fully saturated rings. The highest BCUT2D eigenvalue weighted by atomic mass is 35.5. The van der Waals surface area contributed by atoms with Gasteiger partial charge in [-0.05, 0) is 17.7 Å². The Morgan fingerprint density at radius 2 is 1.73 bits per heavy atom. The van der Waals surface area contributed by atoms with E-state index in [4.69, 9.17) is 16.9 Å². The van der Waals surface area contributed by atoms with Gasteiger partial charge < -0.3 is 0 Å². The van der Waals surface area contributed by atoms with Gasteiger partial charge in [0.2, 0.25) is 0 Å². The number of nitriles is 1. The molecule has 0 aromatic heterocycles. The molecule has 0 spiro atoms. The smallest absolute Gasteiger partial charge is 0.0992 e. The number of benzene rings is 2. The van der Waals surface area contributed by atoms with Crippen molar-refractivity contribution < 1.29 is 0 Å². The number of hydrogen-bond acceptors (Lipinski definition) is 1. The first-order valence-corrected chi connectivity index (χ1v) is 4.94. The van der Waals surface area contributed by atoms with E-state index in [0.29, 0.717) is 10.6 Å². The van der Waals surface area contributed by atoms with Crippen LogP contribution in [0.4, 0.5) is 0 Å². The minimum Gasteiger partial charge on any atom is -0.192 e. The summed E-state index contributed by atoms with van der Waals surface area (Å²) in [7, 11) is 0. The Labute approximate surface area is 93.5 Å². The van der Waals surface area contributed by atoms with Gasteiger partial charge in [-0.15, -0.1) is 0 Å². The second kappa shape index (κ2) is 4.16. The van der Waals surface area contributed by atoms with E-state index in [1.54, 1.807) is 12.1 Å². The van der Waals surface area contributed by atoms with E-state index < -0.39 is 0 Å². The van der Waals surface area contributed by atoms with Gasteiger partial charge in [-0.2, -0.15) is 5.26 Å². The van der Waals surface area contributed by atoms with Crippen molar-refractivity contribution in [1.82, 2.24) is 0 Å². The van der Waals surface area contributed by atoms with Crippen LogP contribution in [0.1, 0.15) is 5.56 Å². The molecule has 2 rings (SSSR count). The maximum absolute atomic E-state index is 8.71. The first kappa shape index (κ1) is 9.76. The van der Waals surface area contributed by atoms with Crippen molar-refractivity contribution in [3.05, 3.63) is 59.1 Å². The third-order valence-electron chi connectivity index (χ3n) is 2.18. The average molecular weight is 214 g/mol. The van der Waals surface area contributed by atoms with Gasteiger partial charge in [0.25, 0.3) is 0 Å². The van der Waals surface area contributed by atoms with Gasteiger partial charge in [-0.3, -0.25) is 0 Å². The molecule has 0 aliphatic heterocycles. The van der Waals surface area contributed by atoms with E-state index in [0.717, 1.165) is 11.1 Å². The van der Waals surface area contributed by atoms with Crippen LogP contribution < -0.4 is 0 Å². The lowest BCUT2D eigenvalue weighted by molar-refractivity contribution is 1.48. The minimum absolute atomic E-state index is 0.583. The van der Waals surface area contributed by atoms with Crippen LogP contribution in [-0.2, 0) is 0 Å². The molecule has 0 unspecified atom stereocenters. The highest BCUT2D eigenvalue weighted by molar-refractivity contribution is 6.33. The minimum atomic E-state index is 0.583. The summed E-state index contributed by atoms with van der Waals surface area (Å²) in [4.78, 5) is 0. The number of rotatable bonds is 1. The lowest BCUT2D eigenvalue weighted by Gasteiger charge is -2.03. The molecule has 2 heteroatoms. The predicted molar refractivity (Wildman–Crippen MR) is 61.6 cm³/mol. The highest BCUT2D eigenvalue weighted by Crippen LogP contribution is 2.28. The highest BCUT2D eigenvalue weighted by Gasteiger charge is 2.03. The van der Waals surface area contributed by atoms with Crippen molar-refractivity contribution in [3.63, 3.8) is 0 Å². The second-order valence-electron chi connectivity index (χ2n) is 3.17. The Balaban J connectivity index is 2.52. The van der Waals surface area contributed by atoms with Crippen LogP contribution in [0.5, 0.6) is 0 Å². The molecular formula is C13H8ClN. The maximum Gasteiger partial charge on any atom is 0.0992 e. The predicted octanol–water partition coefficient (Wildman–Crippen LogP) is 3.88. The van der Waals surface area contributed by atoms with Crippen LogP contribution in [0.2, 0.25) is 5.02 Å². The van der Waals surface area contributed by atoms with E-state index in [2.05, 4.69) is 6.07 Å². The van der Waals surface area contributed by atoms with Crippen molar-refractivity contribution in [3.8, 4) is 17.2 Å². The van der Waals surface area contributed by atoms with Gasteiger partial charge in [0.05, 0.1) is 11.6 Å². The van der Waals surface area contributed by atoms with Gasteiger partial charge >= 0.3 is 0 Å². The van der Waals surface area contributed by atoms with Crippen molar-refractivity contribution in [2.75, 3.05) is 0 Å². The molecule has 2 aromatic rings. The third kappa shape index (κ3) is 2.01. The quantitative estimate of drug-likeness (QED) is 0.705. The summed E-state index contributed by atoms with van der Waals surface area (Å²) in [5, 5.41) is 9.33. The maximum atomic E-state index is 8.71.